The van der Waals surface area contributed by atoms with Gasteiger partial charge in [0.25, 0.3) is 0 Å². The minimum atomic E-state index is -0.614. The second kappa shape index (κ2) is 6.46. The van der Waals surface area contributed by atoms with Gasteiger partial charge in [-0.1, -0.05) is 25.4 Å². The van der Waals surface area contributed by atoms with Crippen molar-refractivity contribution >= 4 is 11.6 Å². The van der Waals surface area contributed by atoms with E-state index in [1.165, 1.54) is 0 Å². The van der Waals surface area contributed by atoms with E-state index in [1.54, 1.807) is 12.1 Å². The van der Waals surface area contributed by atoms with Crippen LogP contribution in [0.1, 0.15) is 31.9 Å². The van der Waals surface area contributed by atoms with Crippen LogP contribution >= 0.6 is 11.6 Å². The molecule has 0 saturated carbocycles. The molecule has 1 aliphatic heterocycles. The maximum absolute atomic E-state index is 10.1. The van der Waals surface area contributed by atoms with Gasteiger partial charge >= 0.3 is 0 Å². The molecule has 0 bridgehead atoms. The number of halogens is 1. The van der Waals surface area contributed by atoms with E-state index in [0.29, 0.717) is 42.3 Å². The van der Waals surface area contributed by atoms with Gasteiger partial charge in [-0.2, -0.15) is 0 Å². The zero-order chi connectivity index (χ0) is 13.8. The molecule has 5 heteroatoms. The molecule has 1 aliphatic rings. The summed E-state index contributed by atoms with van der Waals surface area (Å²) in [6, 6.07) is 3.87. The van der Waals surface area contributed by atoms with Crippen LogP contribution in [-0.4, -0.2) is 30.9 Å². The lowest BCUT2D eigenvalue weighted by Gasteiger charge is -2.17. The minimum absolute atomic E-state index is 0.325. The van der Waals surface area contributed by atoms with E-state index in [4.69, 9.17) is 21.1 Å². The van der Waals surface area contributed by atoms with Crippen LogP contribution in [0.5, 0.6) is 11.5 Å². The van der Waals surface area contributed by atoms with Gasteiger partial charge in [0.2, 0.25) is 0 Å². The van der Waals surface area contributed by atoms with Crippen LogP contribution in [0.4, 0.5) is 0 Å². The molecule has 0 spiro atoms. The van der Waals surface area contributed by atoms with Crippen LogP contribution in [0, 0.1) is 0 Å². The molecular weight excluding hydrogens is 266 g/mol. The van der Waals surface area contributed by atoms with E-state index in [0.717, 1.165) is 12.0 Å². The van der Waals surface area contributed by atoms with Gasteiger partial charge in [-0.15, -0.1) is 0 Å². The molecule has 106 valence electrons. The van der Waals surface area contributed by atoms with Gasteiger partial charge in [0.05, 0.1) is 24.3 Å². The molecule has 1 aromatic rings. The van der Waals surface area contributed by atoms with E-state index in [-0.39, 0.29) is 0 Å². The Labute approximate surface area is 118 Å². The van der Waals surface area contributed by atoms with E-state index in [9.17, 15) is 5.11 Å². The number of fused-ring (bicyclic) bond motifs is 1. The molecule has 2 rings (SSSR count). The number of aliphatic hydroxyl groups excluding tert-OH is 1. The highest BCUT2D eigenvalue weighted by molar-refractivity contribution is 6.32. The number of aliphatic hydroxyl groups is 1. The van der Waals surface area contributed by atoms with E-state index in [2.05, 4.69) is 5.32 Å². The highest BCUT2D eigenvalue weighted by Gasteiger charge is 2.18. The van der Waals surface area contributed by atoms with Crippen molar-refractivity contribution in [2.24, 2.45) is 0 Å². The Morgan fingerprint density at radius 3 is 2.79 bits per heavy atom. The number of rotatable bonds is 4. The summed E-state index contributed by atoms with van der Waals surface area (Å²) in [6.45, 7) is 5.76. The molecular formula is C14H20ClNO3. The molecule has 1 atom stereocenters. The fourth-order valence-corrected chi connectivity index (χ4v) is 2.18. The predicted octanol–water partition coefficient (Wildman–Crippen LogP) is 2.53. The maximum Gasteiger partial charge on any atom is 0.179 e. The van der Waals surface area contributed by atoms with Crippen molar-refractivity contribution in [3.05, 3.63) is 22.7 Å². The van der Waals surface area contributed by atoms with Crippen molar-refractivity contribution in [2.75, 3.05) is 19.8 Å². The minimum Gasteiger partial charge on any atom is -0.489 e. The van der Waals surface area contributed by atoms with E-state index in [1.807, 2.05) is 13.8 Å². The van der Waals surface area contributed by atoms with Crippen molar-refractivity contribution < 1.29 is 14.6 Å². The van der Waals surface area contributed by atoms with Gasteiger partial charge in [-0.25, -0.2) is 0 Å². The van der Waals surface area contributed by atoms with Crippen LogP contribution < -0.4 is 14.8 Å². The third kappa shape index (κ3) is 3.75. The monoisotopic (exact) mass is 285 g/mol. The SMILES string of the molecule is CC(C)NCC(O)c1cc(Cl)c2c(c1)OCCCO2. The molecule has 0 radical (unpaired) electrons. The normalized spacial score (nSPS) is 16.3. The van der Waals surface area contributed by atoms with Gasteiger partial charge in [0, 0.05) is 19.0 Å². The summed E-state index contributed by atoms with van der Waals surface area (Å²) in [6.07, 6.45) is 0.217. The highest BCUT2D eigenvalue weighted by atomic mass is 35.5. The smallest absolute Gasteiger partial charge is 0.179 e. The Hall–Kier alpha value is -0.970. The third-order valence-electron chi connectivity index (χ3n) is 2.93. The second-order valence-electron chi connectivity index (χ2n) is 4.96. The largest absolute Gasteiger partial charge is 0.489 e. The van der Waals surface area contributed by atoms with Crippen LogP contribution in [0.2, 0.25) is 5.02 Å². The first-order valence-corrected chi connectivity index (χ1v) is 6.96. The predicted molar refractivity (Wildman–Crippen MR) is 75.2 cm³/mol. The summed E-state index contributed by atoms with van der Waals surface area (Å²) in [5.41, 5.74) is 0.738. The lowest BCUT2D eigenvalue weighted by Crippen LogP contribution is -2.27. The van der Waals surface area contributed by atoms with Crippen LogP contribution in [0.25, 0.3) is 0 Å². The number of ether oxygens (including phenoxy) is 2. The summed E-state index contributed by atoms with van der Waals surface area (Å²) >= 11 is 6.19. The maximum atomic E-state index is 10.1. The fourth-order valence-electron chi connectivity index (χ4n) is 1.91. The molecule has 1 aromatic carbocycles. The molecule has 1 unspecified atom stereocenters. The second-order valence-corrected chi connectivity index (χ2v) is 5.37. The van der Waals surface area contributed by atoms with Crippen molar-refractivity contribution in [1.29, 1.82) is 0 Å². The Kier molecular flexibility index (Phi) is 4.91. The molecule has 4 nitrogen and oxygen atoms in total. The average molecular weight is 286 g/mol. The van der Waals surface area contributed by atoms with E-state index >= 15 is 0 Å². The molecule has 0 aromatic heterocycles. The Morgan fingerprint density at radius 2 is 2.05 bits per heavy atom. The van der Waals surface area contributed by atoms with Crippen LogP contribution in [-0.2, 0) is 0 Å². The molecule has 0 aliphatic carbocycles. The fraction of sp³-hybridized carbons (Fsp3) is 0.571. The summed E-state index contributed by atoms with van der Waals surface area (Å²) in [5.74, 6) is 1.19. The summed E-state index contributed by atoms with van der Waals surface area (Å²) in [5, 5.41) is 13.8. The zero-order valence-corrected chi connectivity index (χ0v) is 12.0. The zero-order valence-electron chi connectivity index (χ0n) is 11.3. The molecule has 1 heterocycles. The molecule has 2 N–H and O–H groups in total. The molecule has 0 fully saturated rings. The lowest BCUT2D eigenvalue weighted by atomic mass is 10.1. The lowest BCUT2D eigenvalue weighted by molar-refractivity contribution is 0.171. The first-order valence-electron chi connectivity index (χ1n) is 6.58. The van der Waals surface area contributed by atoms with Crippen molar-refractivity contribution in [2.45, 2.75) is 32.4 Å². The van der Waals surface area contributed by atoms with E-state index < -0.39 is 6.10 Å². The number of hydrogen-bond acceptors (Lipinski definition) is 4. The van der Waals surface area contributed by atoms with Gasteiger partial charge in [0.15, 0.2) is 11.5 Å². The molecule has 0 saturated heterocycles. The summed E-state index contributed by atoms with van der Waals surface area (Å²) < 4.78 is 11.2. The first-order chi connectivity index (χ1) is 9.08. The topological polar surface area (TPSA) is 50.7 Å². The molecule has 0 amide bonds. The van der Waals surface area contributed by atoms with Crippen molar-refractivity contribution in [3.8, 4) is 11.5 Å². The Bertz CT molecular complexity index is 437. The number of benzene rings is 1. The van der Waals surface area contributed by atoms with Crippen molar-refractivity contribution in [3.63, 3.8) is 0 Å². The van der Waals surface area contributed by atoms with Crippen LogP contribution in [0.3, 0.4) is 0 Å². The Balaban J connectivity index is 2.18. The van der Waals surface area contributed by atoms with Gasteiger partial charge in [-0.05, 0) is 17.7 Å². The summed E-state index contributed by atoms with van der Waals surface area (Å²) in [7, 11) is 0. The number of hydrogen-bond donors (Lipinski definition) is 2. The Morgan fingerprint density at radius 1 is 1.32 bits per heavy atom. The van der Waals surface area contributed by atoms with Gasteiger partial charge in [0.1, 0.15) is 0 Å². The quantitative estimate of drug-likeness (QED) is 0.893. The van der Waals surface area contributed by atoms with Gasteiger partial charge in [-0.3, -0.25) is 0 Å². The molecule has 19 heavy (non-hydrogen) atoms. The average Bonchev–Trinajstić information content (AvgIpc) is 2.61. The highest BCUT2D eigenvalue weighted by Crippen LogP contribution is 2.39. The first kappa shape index (κ1) is 14.4. The summed E-state index contributed by atoms with van der Waals surface area (Å²) in [4.78, 5) is 0. The third-order valence-corrected chi connectivity index (χ3v) is 3.21. The van der Waals surface area contributed by atoms with Gasteiger partial charge < -0.3 is 19.9 Å². The van der Waals surface area contributed by atoms with Crippen LogP contribution in [0.15, 0.2) is 12.1 Å². The standard InChI is InChI=1S/C14H20ClNO3/c1-9(2)16-8-12(17)10-6-11(15)14-13(7-10)18-4-3-5-19-14/h6-7,9,12,16-17H,3-5,8H2,1-2H3. The van der Waals surface area contributed by atoms with Crippen molar-refractivity contribution in [1.82, 2.24) is 5.32 Å². The number of nitrogens with one attached hydrogen (secondary N) is 1.